The third-order valence-corrected chi connectivity index (χ3v) is 6.78. The van der Waals surface area contributed by atoms with E-state index in [-0.39, 0.29) is 0 Å². The third kappa shape index (κ3) is 6.08. The van der Waals surface area contributed by atoms with E-state index in [0.717, 1.165) is 11.5 Å². The molecule has 5 nitrogen and oxygen atoms in total. The maximum atomic E-state index is 12.3. The van der Waals surface area contributed by atoms with Crippen molar-refractivity contribution in [2.45, 2.75) is 64.2 Å². The van der Waals surface area contributed by atoms with Crippen molar-refractivity contribution >= 4 is 5.97 Å². The van der Waals surface area contributed by atoms with E-state index >= 15 is 0 Å². The zero-order chi connectivity index (χ0) is 23.8. The fraction of sp³-hybridized carbons (Fsp3) is 0.379. The van der Waals surface area contributed by atoms with Gasteiger partial charge in [0.05, 0.1) is 17.2 Å². The van der Waals surface area contributed by atoms with Gasteiger partial charge in [-0.2, -0.15) is 5.26 Å². The van der Waals surface area contributed by atoms with Gasteiger partial charge in [0.25, 0.3) is 0 Å². The molecule has 5 heteroatoms. The molecule has 1 aliphatic carbocycles. The van der Waals surface area contributed by atoms with E-state index in [9.17, 15) is 4.79 Å². The summed E-state index contributed by atoms with van der Waals surface area (Å²) in [6.45, 7) is 2.27. The van der Waals surface area contributed by atoms with Crippen molar-refractivity contribution in [1.29, 1.82) is 5.26 Å². The number of nitrogens with zero attached hydrogens (tertiary/aromatic N) is 3. The molecule has 0 spiro atoms. The van der Waals surface area contributed by atoms with Crippen LogP contribution in [0.4, 0.5) is 0 Å². The quantitative estimate of drug-likeness (QED) is 0.207. The number of hydrogen-bond donors (Lipinski definition) is 0. The Kier molecular flexibility index (Phi) is 8.04. The number of unbranched alkanes of at least 4 members (excludes halogenated alkanes) is 2. The standard InChI is InChI=1S/C29H31N3O2/c1-2-3-4-5-21-6-10-23(11-7-21)26-19-31-28(32-20-26)24-14-16-27(17-15-24)34-29(33)25-12-8-22(18-30)9-13-25/h8-9,12-17,19-21,23H,2-7,10-11H2,1H3/t21-,23-. The second kappa shape index (κ2) is 11.6. The second-order valence-corrected chi connectivity index (χ2v) is 9.16. The van der Waals surface area contributed by atoms with Crippen LogP contribution in [0.15, 0.2) is 60.9 Å². The van der Waals surface area contributed by atoms with Crippen LogP contribution in [0.5, 0.6) is 5.75 Å². The van der Waals surface area contributed by atoms with Gasteiger partial charge in [-0.15, -0.1) is 0 Å². The summed E-state index contributed by atoms with van der Waals surface area (Å²) < 4.78 is 5.44. The first-order valence-corrected chi connectivity index (χ1v) is 12.3. The van der Waals surface area contributed by atoms with Crippen LogP contribution in [-0.4, -0.2) is 15.9 Å². The normalized spacial score (nSPS) is 17.6. The molecule has 0 atom stereocenters. The number of benzene rings is 2. The Balaban J connectivity index is 1.32. The predicted octanol–water partition coefficient (Wildman–Crippen LogP) is 7.09. The zero-order valence-corrected chi connectivity index (χ0v) is 19.7. The number of esters is 1. The summed E-state index contributed by atoms with van der Waals surface area (Å²) in [6, 6.07) is 15.6. The van der Waals surface area contributed by atoms with Crippen molar-refractivity contribution in [3.63, 3.8) is 0 Å². The van der Waals surface area contributed by atoms with Gasteiger partial charge in [-0.3, -0.25) is 0 Å². The van der Waals surface area contributed by atoms with E-state index in [1.807, 2.05) is 30.6 Å². The number of carbonyl (C=O) groups excluding carboxylic acids is 1. The van der Waals surface area contributed by atoms with E-state index < -0.39 is 5.97 Å². The van der Waals surface area contributed by atoms with E-state index in [4.69, 9.17) is 10.00 Å². The fourth-order valence-electron chi connectivity index (χ4n) is 4.68. The van der Waals surface area contributed by atoms with Crippen LogP contribution >= 0.6 is 0 Å². The first-order chi connectivity index (χ1) is 16.7. The molecule has 1 fully saturated rings. The van der Waals surface area contributed by atoms with E-state index in [1.165, 1.54) is 56.9 Å². The van der Waals surface area contributed by atoms with Crippen molar-refractivity contribution in [2.75, 3.05) is 0 Å². The molecular weight excluding hydrogens is 422 g/mol. The third-order valence-electron chi connectivity index (χ3n) is 6.78. The van der Waals surface area contributed by atoms with Gasteiger partial charge in [0.15, 0.2) is 5.82 Å². The highest BCUT2D eigenvalue weighted by molar-refractivity contribution is 5.91. The van der Waals surface area contributed by atoms with Crippen molar-refractivity contribution in [2.24, 2.45) is 5.92 Å². The van der Waals surface area contributed by atoms with Gasteiger partial charge in [0.1, 0.15) is 5.75 Å². The van der Waals surface area contributed by atoms with Gasteiger partial charge < -0.3 is 4.74 Å². The molecule has 0 radical (unpaired) electrons. The average Bonchev–Trinajstić information content (AvgIpc) is 2.90. The Morgan fingerprint density at radius 1 is 0.971 bits per heavy atom. The Morgan fingerprint density at radius 2 is 1.65 bits per heavy atom. The average molecular weight is 454 g/mol. The lowest BCUT2D eigenvalue weighted by Crippen LogP contribution is -2.14. The molecule has 0 N–H and O–H groups in total. The molecular formula is C29H31N3O2. The molecule has 0 aliphatic heterocycles. The minimum Gasteiger partial charge on any atom is -0.423 e. The maximum absolute atomic E-state index is 12.3. The van der Waals surface area contributed by atoms with Gasteiger partial charge in [-0.1, -0.05) is 32.6 Å². The van der Waals surface area contributed by atoms with Gasteiger partial charge in [-0.25, -0.2) is 14.8 Å². The molecule has 34 heavy (non-hydrogen) atoms. The summed E-state index contributed by atoms with van der Waals surface area (Å²) >= 11 is 0. The molecule has 174 valence electrons. The number of rotatable bonds is 8. The Hall–Kier alpha value is -3.52. The van der Waals surface area contributed by atoms with E-state index in [1.54, 1.807) is 36.4 Å². The summed E-state index contributed by atoms with van der Waals surface area (Å²) in [7, 11) is 0. The van der Waals surface area contributed by atoms with Crippen molar-refractivity contribution in [1.82, 2.24) is 9.97 Å². The highest BCUT2D eigenvalue weighted by Gasteiger charge is 2.22. The molecule has 0 amide bonds. The number of ether oxygens (including phenoxy) is 1. The molecule has 3 aromatic rings. The molecule has 0 unspecified atom stereocenters. The molecule has 0 saturated heterocycles. The number of nitriles is 1. The summed E-state index contributed by atoms with van der Waals surface area (Å²) in [6.07, 6.45) is 14.5. The number of carbonyl (C=O) groups is 1. The summed E-state index contributed by atoms with van der Waals surface area (Å²) in [5.41, 5.74) is 3.02. The van der Waals surface area contributed by atoms with Crippen molar-refractivity contribution in [3.05, 3.63) is 77.6 Å². The highest BCUT2D eigenvalue weighted by Crippen LogP contribution is 2.37. The van der Waals surface area contributed by atoms with Crippen LogP contribution in [0, 0.1) is 17.2 Å². The zero-order valence-electron chi connectivity index (χ0n) is 19.7. The smallest absolute Gasteiger partial charge is 0.343 e. The van der Waals surface area contributed by atoms with E-state index in [2.05, 4.69) is 16.9 Å². The van der Waals surface area contributed by atoms with Crippen LogP contribution in [0.1, 0.15) is 85.7 Å². The largest absolute Gasteiger partial charge is 0.423 e. The van der Waals surface area contributed by atoms with Gasteiger partial charge in [0, 0.05) is 18.0 Å². The first kappa shape index (κ1) is 23.6. The minimum absolute atomic E-state index is 0.400. The highest BCUT2D eigenvalue weighted by atomic mass is 16.5. The molecule has 1 aromatic heterocycles. The lowest BCUT2D eigenvalue weighted by Gasteiger charge is -2.28. The van der Waals surface area contributed by atoms with E-state index in [0.29, 0.717) is 28.6 Å². The van der Waals surface area contributed by atoms with Gasteiger partial charge >= 0.3 is 5.97 Å². The Labute approximate surface area is 201 Å². The molecule has 2 aromatic carbocycles. The van der Waals surface area contributed by atoms with Crippen LogP contribution in [0.3, 0.4) is 0 Å². The lowest BCUT2D eigenvalue weighted by atomic mass is 9.77. The summed E-state index contributed by atoms with van der Waals surface area (Å²) in [5.74, 6) is 2.12. The SMILES string of the molecule is CCCCC[C@H]1CC[C@H](c2cnc(-c3ccc(OC(=O)c4ccc(C#N)cc4)cc3)nc2)CC1. The molecule has 1 saturated carbocycles. The maximum Gasteiger partial charge on any atom is 0.343 e. The summed E-state index contributed by atoms with van der Waals surface area (Å²) in [5, 5.41) is 8.87. The molecule has 1 aliphatic rings. The number of hydrogen-bond acceptors (Lipinski definition) is 5. The fourth-order valence-corrected chi connectivity index (χ4v) is 4.68. The Morgan fingerprint density at radius 3 is 2.26 bits per heavy atom. The predicted molar refractivity (Wildman–Crippen MR) is 132 cm³/mol. The first-order valence-electron chi connectivity index (χ1n) is 12.3. The van der Waals surface area contributed by atoms with Crippen molar-refractivity contribution in [3.8, 4) is 23.2 Å². The van der Waals surface area contributed by atoms with Crippen LogP contribution in [0.25, 0.3) is 11.4 Å². The van der Waals surface area contributed by atoms with Crippen LogP contribution in [-0.2, 0) is 0 Å². The minimum atomic E-state index is -0.460. The number of aromatic nitrogens is 2. The molecule has 0 bridgehead atoms. The topological polar surface area (TPSA) is 75.9 Å². The Bertz CT molecular complexity index is 1110. The monoisotopic (exact) mass is 453 g/mol. The van der Waals surface area contributed by atoms with Crippen LogP contribution in [0.2, 0.25) is 0 Å². The summed E-state index contributed by atoms with van der Waals surface area (Å²) in [4.78, 5) is 21.5. The van der Waals surface area contributed by atoms with Crippen molar-refractivity contribution < 1.29 is 9.53 Å². The molecule has 4 rings (SSSR count). The molecule has 1 heterocycles. The van der Waals surface area contributed by atoms with Gasteiger partial charge in [0.2, 0.25) is 0 Å². The van der Waals surface area contributed by atoms with Gasteiger partial charge in [-0.05, 0) is 91.6 Å². The van der Waals surface area contributed by atoms with Crippen LogP contribution < -0.4 is 4.74 Å². The second-order valence-electron chi connectivity index (χ2n) is 9.16. The lowest BCUT2D eigenvalue weighted by molar-refractivity contribution is 0.0735.